The van der Waals surface area contributed by atoms with Crippen molar-refractivity contribution in [2.24, 2.45) is 0 Å². The maximum atomic E-state index is 13.3. The van der Waals surface area contributed by atoms with Crippen LogP contribution in [0.3, 0.4) is 0 Å². The number of hydrogen-bond donors (Lipinski definition) is 4. The summed E-state index contributed by atoms with van der Waals surface area (Å²) < 4.78 is 25.5. The number of hydrogen-bond acceptors (Lipinski definition) is 8. The molecule has 0 radical (unpaired) electrons. The van der Waals surface area contributed by atoms with Crippen molar-refractivity contribution < 1.29 is 23.2 Å². The number of rotatable bonds is 13. The van der Waals surface area contributed by atoms with Crippen LogP contribution in [0.2, 0.25) is 10.1 Å². The highest BCUT2D eigenvalue weighted by Gasteiger charge is 2.61. The Morgan fingerprint density at radius 1 is 0.606 bits per heavy atom. The van der Waals surface area contributed by atoms with Gasteiger partial charge in [0.1, 0.15) is 24.6 Å². The van der Waals surface area contributed by atoms with Crippen LogP contribution in [-0.4, -0.2) is 80.1 Å². The Balaban J connectivity index is 1.36. The number of aromatic nitrogens is 4. The molecule has 3 heterocycles. The summed E-state index contributed by atoms with van der Waals surface area (Å²) in [4.78, 5) is 40.5. The quantitative estimate of drug-likeness (QED) is 0.0888. The number of amides is 4. The van der Waals surface area contributed by atoms with Crippen LogP contribution in [0.25, 0.3) is 11.2 Å². The highest BCUT2D eigenvalue weighted by molar-refractivity contribution is 7.00. The van der Waals surface area contributed by atoms with Crippen molar-refractivity contribution in [1.82, 2.24) is 30.2 Å². The molecule has 0 aliphatic carbocycles. The zero-order chi connectivity index (χ0) is 46.5. The first-order chi connectivity index (χ1) is 31.8. The third-order valence-corrected chi connectivity index (χ3v) is 22.4. The van der Waals surface area contributed by atoms with Gasteiger partial charge in [-0.15, -0.1) is 0 Å². The fourth-order valence-electron chi connectivity index (χ4n) is 9.36. The highest BCUT2D eigenvalue weighted by Crippen LogP contribution is 2.46. The second-order valence-corrected chi connectivity index (χ2v) is 27.0. The van der Waals surface area contributed by atoms with Gasteiger partial charge in [0, 0.05) is 19.3 Å². The van der Waals surface area contributed by atoms with E-state index in [9.17, 15) is 9.59 Å². The van der Waals surface area contributed by atoms with Crippen LogP contribution in [-0.2, 0) is 13.6 Å². The minimum Gasteiger partial charge on any atom is -0.399 e. The maximum Gasteiger partial charge on any atom is 0.324 e. The second kappa shape index (κ2) is 19.2. The van der Waals surface area contributed by atoms with Crippen LogP contribution >= 0.6 is 0 Å². The number of fused-ring (bicyclic) bond motifs is 1. The van der Waals surface area contributed by atoms with Gasteiger partial charge in [-0.25, -0.2) is 24.5 Å². The molecule has 0 unspecified atom stereocenters. The number of anilines is 2. The van der Waals surface area contributed by atoms with Gasteiger partial charge in [0.25, 0.3) is 16.6 Å². The molecule has 0 saturated carbocycles. The summed E-state index contributed by atoms with van der Waals surface area (Å²) >= 11 is 0. The summed E-state index contributed by atoms with van der Waals surface area (Å²) in [6.07, 6.45) is -0.219. The zero-order valence-corrected chi connectivity index (χ0v) is 40.4. The molecular formula is C51H58N8O5Si2. The number of imidazole rings is 1. The summed E-state index contributed by atoms with van der Waals surface area (Å²) in [5.74, 6) is 0.215. The van der Waals surface area contributed by atoms with Crippen molar-refractivity contribution in [2.45, 2.75) is 76.2 Å². The van der Waals surface area contributed by atoms with Gasteiger partial charge in [-0.3, -0.25) is 9.88 Å². The first kappa shape index (κ1) is 46.0. The number of benzene rings is 5. The van der Waals surface area contributed by atoms with E-state index in [0.29, 0.717) is 16.9 Å². The number of para-hydroxylation sites is 1. The van der Waals surface area contributed by atoms with Gasteiger partial charge in [0.2, 0.25) is 0 Å². The van der Waals surface area contributed by atoms with E-state index in [2.05, 4.69) is 165 Å². The standard InChI is InChI=1S/C51H58N8O5Si2/c1-50(2,3)65(37-25-15-9-16-26-37,38-27-17-10-18-28-38)63-43-41(33-53-48(60)52-7)62-47(44(43)64-66(51(4,5)6,39-29-19-11-20-30-39)40-31-21-12-22-32-40)59-35-56-42-45(54-34-55-46(42)59)58-49(61)57-36-23-13-8-14-24-36/h8-32,34-35,41,43-44,47H,33H2,1-7H3,(H2,52,53,60)(H2,54,55,57,58,61)/t41-,43-,44-,47-/m1/s1. The van der Waals surface area contributed by atoms with E-state index >= 15 is 0 Å². The van der Waals surface area contributed by atoms with Crippen molar-refractivity contribution in [3.8, 4) is 0 Å². The van der Waals surface area contributed by atoms with Crippen LogP contribution in [0, 0.1) is 0 Å². The monoisotopic (exact) mass is 918 g/mol. The molecular weight excluding hydrogens is 861 g/mol. The molecule has 1 aliphatic rings. The molecule has 340 valence electrons. The molecule has 4 N–H and O–H groups in total. The van der Waals surface area contributed by atoms with E-state index in [1.165, 1.54) is 6.33 Å². The average molecular weight is 919 g/mol. The van der Waals surface area contributed by atoms with Crippen molar-refractivity contribution in [2.75, 3.05) is 24.2 Å². The van der Waals surface area contributed by atoms with E-state index in [-0.39, 0.29) is 18.4 Å². The Hall–Kier alpha value is -6.50. The summed E-state index contributed by atoms with van der Waals surface area (Å²) in [5, 5.41) is 14.9. The predicted molar refractivity (Wildman–Crippen MR) is 266 cm³/mol. The molecule has 0 spiro atoms. The van der Waals surface area contributed by atoms with Gasteiger partial charge in [0.05, 0.1) is 6.33 Å². The fraction of sp³-hybridized carbons (Fsp3) is 0.275. The summed E-state index contributed by atoms with van der Waals surface area (Å²) in [6.45, 7) is 13.5. The summed E-state index contributed by atoms with van der Waals surface area (Å²) in [5.41, 5.74) is 1.38. The molecule has 5 aromatic carbocycles. The topological polar surface area (TPSA) is 154 Å². The number of carbonyl (C=O) groups is 2. The molecule has 1 aliphatic heterocycles. The Morgan fingerprint density at radius 3 is 1.52 bits per heavy atom. The van der Waals surface area contributed by atoms with E-state index in [1.54, 1.807) is 25.5 Å². The van der Waals surface area contributed by atoms with Gasteiger partial charge in [-0.05, 0) is 43.0 Å². The number of carbonyl (C=O) groups excluding carboxylic acids is 2. The lowest BCUT2D eigenvalue weighted by Gasteiger charge is -2.49. The van der Waals surface area contributed by atoms with Gasteiger partial charge < -0.3 is 29.5 Å². The van der Waals surface area contributed by atoms with Crippen molar-refractivity contribution in [3.05, 3.63) is 164 Å². The van der Waals surface area contributed by atoms with Crippen molar-refractivity contribution in [3.63, 3.8) is 0 Å². The SMILES string of the molecule is CNC(=O)NC[C@H]1O[C@@H](n2cnc3c(NC(=O)Nc4ccccc4)ncnc32)[C@H](O[Si](c2ccccc2)(c2ccccc2)C(C)(C)C)[C@@H]1O[Si](c1ccccc1)(c1ccccc1)C(C)(C)C. The van der Waals surface area contributed by atoms with Crippen LogP contribution in [0.1, 0.15) is 47.8 Å². The normalized spacial score (nSPS) is 17.9. The number of nitrogens with one attached hydrogen (secondary N) is 4. The lowest BCUT2D eigenvalue weighted by atomic mass is 10.1. The minimum atomic E-state index is -3.38. The number of ether oxygens (including phenoxy) is 1. The molecule has 66 heavy (non-hydrogen) atoms. The Morgan fingerprint density at radius 2 is 1.06 bits per heavy atom. The zero-order valence-electron chi connectivity index (χ0n) is 38.4. The molecule has 4 atom stereocenters. The van der Waals surface area contributed by atoms with Crippen LogP contribution in [0.5, 0.6) is 0 Å². The highest BCUT2D eigenvalue weighted by atomic mass is 28.4. The molecule has 7 aromatic rings. The van der Waals surface area contributed by atoms with Crippen LogP contribution in [0.15, 0.2) is 164 Å². The summed E-state index contributed by atoms with van der Waals surface area (Å²) in [7, 11) is -5.15. The lowest BCUT2D eigenvalue weighted by Crippen LogP contribution is -2.71. The first-order valence-corrected chi connectivity index (χ1v) is 26.1. The van der Waals surface area contributed by atoms with Crippen molar-refractivity contribution in [1.29, 1.82) is 0 Å². The Kier molecular flexibility index (Phi) is 13.4. The summed E-state index contributed by atoms with van der Waals surface area (Å²) in [6, 6.07) is 50.2. The molecule has 1 saturated heterocycles. The van der Waals surface area contributed by atoms with Gasteiger partial charge in [0.15, 0.2) is 23.2 Å². The molecule has 15 heteroatoms. The largest absolute Gasteiger partial charge is 0.399 e. The molecule has 0 bridgehead atoms. The fourth-order valence-corrected chi connectivity index (χ4v) is 18.7. The van der Waals surface area contributed by atoms with E-state index in [0.717, 1.165) is 20.7 Å². The third kappa shape index (κ3) is 8.92. The molecule has 8 rings (SSSR count). The molecule has 1 fully saturated rings. The molecule has 2 aromatic heterocycles. The van der Waals surface area contributed by atoms with E-state index in [4.69, 9.17) is 23.6 Å². The van der Waals surface area contributed by atoms with Gasteiger partial charge >= 0.3 is 12.1 Å². The predicted octanol–water partition coefficient (Wildman–Crippen LogP) is 7.19. The third-order valence-electron chi connectivity index (χ3n) is 12.3. The van der Waals surface area contributed by atoms with Crippen LogP contribution in [0.4, 0.5) is 21.1 Å². The number of nitrogens with zero attached hydrogens (tertiary/aromatic N) is 4. The average Bonchev–Trinajstić information content (AvgIpc) is 3.90. The maximum absolute atomic E-state index is 13.3. The van der Waals surface area contributed by atoms with Gasteiger partial charge in [-0.1, -0.05) is 181 Å². The molecule has 4 amide bonds. The second-order valence-electron chi connectivity index (χ2n) is 18.5. The number of urea groups is 2. The molecule has 13 nitrogen and oxygen atoms in total. The van der Waals surface area contributed by atoms with Crippen molar-refractivity contribution >= 4 is 72.1 Å². The van der Waals surface area contributed by atoms with E-state index < -0.39 is 57.3 Å². The van der Waals surface area contributed by atoms with Gasteiger partial charge in [-0.2, -0.15) is 0 Å². The lowest BCUT2D eigenvalue weighted by molar-refractivity contribution is -0.0293. The van der Waals surface area contributed by atoms with Crippen LogP contribution < -0.4 is 42.0 Å². The Labute approximate surface area is 388 Å². The first-order valence-electron chi connectivity index (χ1n) is 22.3. The van der Waals surface area contributed by atoms with E-state index in [1.807, 2.05) is 47.0 Å². The Bertz CT molecular complexity index is 2640. The minimum absolute atomic E-state index is 0.0910. The smallest absolute Gasteiger partial charge is 0.324 e.